The normalized spacial score (nSPS) is 12.1. The molecule has 2 N–H and O–H groups in total. The number of benzene rings is 3. The second kappa shape index (κ2) is 12.8. The highest BCUT2D eigenvalue weighted by molar-refractivity contribution is 6.00. The van der Waals surface area contributed by atoms with E-state index in [1.807, 2.05) is 6.92 Å². The molecule has 0 aliphatic carbocycles. The number of alkyl halides is 8. The number of aromatic nitrogens is 3. The predicted octanol–water partition coefficient (Wildman–Crippen LogP) is 8.35. The van der Waals surface area contributed by atoms with E-state index in [9.17, 15) is 39.9 Å². The van der Waals surface area contributed by atoms with Gasteiger partial charge in [0, 0.05) is 17.7 Å². The Kier molecular flexibility index (Phi) is 9.30. The highest BCUT2D eigenvalue weighted by Crippen LogP contribution is 2.37. The van der Waals surface area contributed by atoms with Crippen molar-refractivity contribution >= 4 is 17.4 Å². The highest BCUT2D eigenvalue weighted by atomic mass is 19.4. The maximum atomic E-state index is 13.3. The number of nitrogens with one attached hydrogen (secondary N) is 2. The number of ether oxygens (including phenoxy) is 2. The first kappa shape index (κ1) is 32.0. The van der Waals surface area contributed by atoms with Crippen molar-refractivity contribution < 1.29 is 49.4 Å². The van der Waals surface area contributed by atoms with Crippen LogP contribution < -0.4 is 20.1 Å². The van der Waals surface area contributed by atoms with Gasteiger partial charge >= 0.3 is 24.7 Å². The van der Waals surface area contributed by atoms with Crippen LogP contribution in [0.1, 0.15) is 25.6 Å². The molecule has 0 saturated heterocycles. The summed E-state index contributed by atoms with van der Waals surface area (Å²) in [6, 6.07) is 14.8. The minimum absolute atomic E-state index is 0.207. The Morgan fingerprint density at radius 1 is 0.841 bits per heavy atom. The zero-order chi connectivity index (χ0) is 32.1. The number of hydrogen-bond donors (Lipinski definition) is 2. The number of halogens is 8. The molecule has 0 bridgehead atoms. The Morgan fingerprint density at radius 3 is 2.11 bits per heavy atom. The van der Waals surface area contributed by atoms with Crippen molar-refractivity contribution in [1.82, 2.24) is 14.8 Å². The van der Waals surface area contributed by atoms with E-state index in [-0.39, 0.29) is 17.2 Å². The van der Waals surface area contributed by atoms with Gasteiger partial charge in [-0.2, -0.15) is 22.0 Å². The number of anilines is 2. The summed E-state index contributed by atoms with van der Waals surface area (Å²) in [6.45, 7) is 1.96. The zero-order valence-corrected chi connectivity index (χ0v) is 22.6. The summed E-state index contributed by atoms with van der Waals surface area (Å²) in [5.41, 5.74) is 0.933. The molecule has 0 radical (unpaired) electrons. The average molecular weight is 630 g/mol. The molecule has 8 nitrogen and oxygen atoms in total. The van der Waals surface area contributed by atoms with Crippen LogP contribution in [-0.4, -0.2) is 39.4 Å². The number of unbranched alkanes of at least 4 members (excludes halogenated alkanes) is 1. The van der Waals surface area contributed by atoms with Crippen molar-refractivity contribution in [3.63, 3.8) is 0 Å². The molecule has 234 valence electrons. The van der Waals surface area contributed by atoms with Gasteiger partial charge in [-0.25, -0.2) is 14.5 Å². The van der Waals surface area contributed by atoms with Crippen LogP contribution in [0.25, 0.3) is 17.1 Å². The first-order valence-electron chi connectivity index (χ1n) is 12.9. The lowest BCUT2D eigenvalue weighted by molar-refractivity contribution is -0.360. The van der Waals surface area contributed by atoms with Gasteiger partial charge < -0.3 is 20.1 Å². The fraction of sp³-hybridized carbons (Fsp3) is 0.250. The first-order chi connectivity index (χ1) is 20.6. The van der Waals surface area contributed by atoms with Crippen molar-refractivity contribution in [3.05, 3.63) is 78.6 Å². The Balaban J connectivity index is 1.49. The van der Waals surface area contributed by atoms with Gasteiger partial charge in [0.05, 0.1) is 11.4 Å². The Hall–Kier alpha value is -4.89. The van der Waals surface area contributed by atoms with Crippen LogP contribution in [0.3, 0.4) is 0 Å². The zero-order valence-electron chi connectivity index (χ0n) is 22.6. The van der Waals surface area contributed by atoms with Crippen LogP contribution in [0.15, 0.2) is 72.8 Å². The van der Waals surface area contributed by atoms with Crippen LogP contribution in [0.5, 0.6) is 11.5 Å². The number of para-hydroxylation sites is 2. The third-order valence-corrected chi connectivity index (χ3v) is 5.85. The number of amides is 2. The third kappa shape index (κ3) is 8.14. The summed E-state index contributed by atoms with van der Waals surface area (Å²) in [5, 5.41) is 9.25. The molecule has 0 fully saturated rings. The lowest BCUT2D eigenvalue weighted by Crippen LogP contribution is -2.41. The molecule has 44 heavy (non-hydrogen) atoms. The molecule has 3 aromatic carbocycles. The van der Waals surface area contributed by atoms with Crippen LogP contribution in [0.4, 0.5) is 51.3 Å². The summed E-state index contributed by atoms with van der Waals surface area (Å²) in [7, 11) is 0. The second-order valence-corrected chi connectivity index (χ2v) is 9.18. The fourth-order valence-electron chi connectivity index (χ4n) is 3.80. The molecule has 0 spiro atoms. The van der Waals surface area contributed by atoms with Crippen molar-refractivity contribution in [2.24, 2.45) is 0 Å². The molecule has 0 aliphatic rings. The molecule has 0 unspecified atom stereocenters. The molecule has 4 aromatic rings. The Morgan fingerprint density at radius 2 is 1.50 bits per heavy atom. The van der Waals surface area contributed by atoms with Crippen LogP contribution in [0, 0.1) is 0 Å². The number of urea groups is 1. The summed E-state index contributed by atoms with van der Waals surface area (Å²) in [6.07, 6.45) is -14.2. The summed E-state index contributed by atoms with van der Waals surface area (Å²) in [4.78, 5) is 17.0. The number of carbonyl (C=O) groups excluding carboxylic acids is 1. The first-order valence-corrected chi connectivity index (χ1v) is 12.9. The maximum Gasteiger partial charge on any atom is 0.573 e. The molecular formula is C28H23F8N5O3. The van der Waals surface area contributed by atoms with Gasteiger partial charge in [-0.05, 0) is 67.1 Å². The van der Waals surface area contributed by atoms with E-state index in [0.29, 0.717) is 23.5 Å². The third-order valence-electron chi connectivity index (χ3n) is 5.85. The highest BCUT2D eigenvalue weighted by Gasteiger charge is 2.61. The van der Waals surface area contributed by atoms with E-state index in [0.717, 1.165) is 31.0 Å². The van der Waals surface area contributed by atoms with Crippen LogP contribution in [-0.2, 0) is 6.42 Å². The lowest BCUT2D eigenvalue weighted by Gasteiger charge is -2.20. The standard InChI is InChI=1S/C28H23F8N5O3/c1-2-3-8-23-39-24(40-41(23)19-13-15-20(16-14-19)43-27(32,33)26(29,30)31)17-9-11-18(12-10-17)37-25(42)38-21-6-4-5-7-22(21)44-28(34,35)36/h4-7,9-16H,2-3,8H2,1H3,(H2,37,38,42). The maximum absolute atomic E-state index is 13.3. The van der Waals surface area contributed by atoms with Gasteiger partial charge in [0.2, 0.25) is 0 Å². The molecule has 0 atom stereocenters. The fourth-order valence-corrected chi connectivity index (χ4v) is 3.80. The van der Waals surface area contributed by atoms with E-state index in [1.54, 1.807) is 12.1 Å². The number of rotatable bonds is 10. The van der Waals surface area contributed by atoms with E-state index < -0.39 is 36.2 Å². The average Bonchev–Trinajstić information content (AvgIpc) is 3.36. The molecule has 0 saturated carbocycles. The number of carbonyl (C=O) groups is 1. The molecule has 0 aliphatic heterocycles. The second-order valence-electron chi connectivity index (χ2n) is 9.18. The van der Waals surface area contributed by atoms with Crippen molar-refractivity contribution in [2.75, 3.05) is 10.6 Å². The smallest absolute Gasteiger partial charge is 0.426 e. The molecule has 1 heterocycles. The quantitative estimate of drug-likeness (QED) is 0.172. The van der Waals surface area contributed by atoms with Crippen molar-refractivity contribution in [2.45, 2.75) is 44.8 Å². The number of hydrogen-bond acceptors (Lipinski definition) is 5. The van der Waals surface area contributed by atoms with Gasteiger partial charge in [-0.15, -0.1) is 18.3 Å². The van der Waals surface area contributed by atoms with E-state index in [2.05, 4.69) is 30.2 Å². The SMILES string of the molecule is CCCCc1nc(-c2ccc(NC(=O)Nc3ccccc3OC(F)(F)F)cc2)nn1-c1ccc(OC(F)(F)C(F)(F)F)cc1. The van der Waals surface area contributed by atoms with Crippen molar-refractivity contribution in [1.29, 1.82) is 0 Å². The van der Waals surface area contributed by atoms with Crippen molar-refractivity contribution in [3.8, 4) is 28.6 Å². The minimum atomic E-state index is -5.88. The monoisotopic (exact) mass is 629 g/mol. The van der Waals surface area contributed by atoms with Gasteiger partial charge in [-0.1, -0.05) is 25.5 Å². The van der Waals surface area contributed by atoms with E-state index in [1.165, 1.54) is 47.1 Å². The summed E-state index contributed by atoms with van der Waals surface area (Å²) < 4.78 is 111. The molecule has 4 rings (SSSR count). The Labute approximate surface area is 244 Å². The van der Waals surface area contributed by atoms with Crippen LogP contribution in [0.2, 0.25) is 0 Å². The minimum Gasteiger partial charge on any atom is -0.426 e. The molecule has 16 heteroatoms. The summed E-state index contributed by atoms with van der Waals surface area (Å²) >= 11 is 0. The largest absolute Gasteiger partial charge is 0.573 e. The van der Waals surface area contributed by atoms with Gasteiger partial charge in [-0.3, -0.25) is 0 Å². The summed E-state index contributed by atoms with van der Waals surface area (Å²) in [5.74, 6) is -0.533. The van der Waals surface area contributed by atoms with Gasteiger partial charge in [0.25, 0.3) is 0 Å². The van der Waals surface area contributed by atoms with E-state index in [4.69, 9.17) is 0 Å². The Bertz CT molecular complexity index is 1570. The topological polar surface area (TPSA) is 90.3 Å². The molecule has 1 aromatic heterocycles. The molecular weight excluding hydrogens is 606 g/mol. The van der Waals surface area contributed by atoms with Crippen LogP contribution >= 0.6 is 0 Å². The number of nitrogens with zero attached hydrogens (tertiary/aromatic N) is 3. The molecule has 2 amide bonds. The van der Waals surface area contributed by atoms with Gasteiger partial charge in [0.15, 0.2) is 11.6 Å². The predicted molar refractivity (Wildman–Crippen MR) is 143 cm³/mol. The van der Waals surface area contributed by atoms with E-state index >= 15 is 0 Å². The van der Waals surface area contributed by atoms with Gasteiger partial charge in [0.1, 0.15) is 11.6 Å². The number of aryl methyl sites for hydroxylation is 1. The lowest BCUT2D eigenvalue weighted by atomic mass is 10.2.